The third-order valence-electron chi connectivity index (χ3n) is 2.93. The van der Waals surface area contributed by atoms with E-state index in [1.807, 2.05) is 0 Å². The Morgan fingerprint density at radius 3 is 2.43 bits per heavy atom. The Labute approximate surface area is 137 Å². The maximum Gasteiger partial charge on any atom is 0.279 e. The van der Waals surface area contributed by atoms with E-state index in [0.717, 1.165) is 0 Å². The average Bonchev–Trinajstić information content (AvgIpc) is 2.54. The normalized spacial score (nSPS) is 11.4. The number of para-hydroxylation sites is 1. The minimum Gasteiger partial charge on any atom is -0.478 e. The zero-order valence-corrected chi connectivity index (χ0v) is 12.9. The van der Waals surface area contributed by atoms with E-state index in [0.29, 0.717) is 0 Å². The first-order chi connectivity index (χ1) is 11.0. The zero-order chi connectivity index (χ0) is 16.8. The van der Waals surface area contributed by atoms with Crippen molar-refractivity contribution in [2.75, 3.05) is 0 Å². The Bertz CT molecular complexity index is 724. The van der Waals surface area contributed by atoms with Crippen molar-refractivity contribution in [3.63, 3.8) is 0 Å². The van der Waals surface area contributed by atoms with Gasteiger partial charge in [0, 0.05) is 0 Å². The number of halogens is 2. The smallest absolute Gasteiger partial charge is 0.279 e. The summed E-state index contributed by atoms with van der Waals surface area (Å²) in [5, 5.41) is 0.259. The molecule has 5 nitrogen and oxygen atoms in total. The molecule has 2 amide bonds. The van der Waals surface area contributed by atoms with Crippen LogP contribution in [0.2, 0.25) is 5.02 Å². The molecule has 2 N–H and O–H groups in total. The van der Waals surface area contributed by atoms with Crippen molar-refractivity contribution in [3.8, 4) is 5.75 Å². The number of carbonyl (C=O) groups excluding carboxylic acids is 2. The van der Waals surface area contributed by atoms with E-state index in [1.165, 1.54) is 31.2 Å². The maximum absolute atomic E-state index is 13.5. The summed E-state index contributed by atoms with van der Waals surface area (Å²) in [5.41, 5.74) is 4.65. The van der Waals surface area contributed by atoms with Crippen LogP contribution in [0.1, 0.15) is 17.3 Å². The van der Waals surface area contributed by atoms with Gasteiger partial charge in [0.05, 0.1) is 10.6 Å². The second kappa shape index (κ2) is 7.60. The molecule has 7 heteroatoms. The molecule has 23 heavy (non-hydrogen) atoms. The first kappa shape index (κ1) is 16.8. The second-order valence-corrected chi connectivity index (χ2v) is 5.02. The summed E-state index contributed by atoms with van der Waals surface area (Å²) in [4.78, 5) is 23.8. The summed E-state index contributed by atoms with van der Waals surface area (Å²) in [5.74, 6) is -1.82. The van der Waals surface area contributed by atoms with Crippen LogP contribution in [0.15, 0.2) is 48.5 Å². The zero-order valence-electron chi connectivity index (χ0n) is 12.2. The van der Waals surface area contributed by atoms with E-state index < -0.39 is 23.7 Å². The lowest BCUT2D eigenvalue weighted by atomic mass is 10.2. The first-order valence-electron chi connectivity index (χ1n) is 6.75. The minimum atomic E-state index is -1.00. The monoisotopic (exact) mass is 336 g/mol. The van der Waals surface area contributed by atoms with E-state index in [4.69, 9.17) is 16.3 Å². The number of amides is 2. The Morgan fingerprint density at radius 2 is 1.74 bits per heavy atom. The SMILES string of the molecule is CC(Oc1ccccc1F)C(=O)NNC(=O)c1ccccc1Cl. The molecule has 1 atom stereocenters. The molecule has 0 aliphatic rings. The van der Waals surface area contributed by atoms with Crippen molar-refractivity contribution in [2.24, 2.45) is 0 Å². The molecule has 120 valence electrons. The quantitative estimate of drug-likeness (QED) is 0.844. The van der Waals surface area contributed by atoms with Gasteiger partial charge in [-0.1, -0.05) is 35.9 Å². The van der Waals surface area contributed by atoms with Crippen LogP contribution in [0, 0.1) is 5.82 Å². The van der Waals surface area contributed by atoms with Crippen molar-refractivity contribution >= 4 is 23.4 Å². The molecular formula is C16H14ClFN2O3. The third-order valence-corrected chi connectivity index (χ3v) is 3.26. The Morgan fingerprint density at radius 1 is 1.09 bits per heavy atom. The fourth-order valence-corrected chi connectivity index (χ4v) is 1.94. The lowest BCUT2D eigenvalue weighted by molar-refractivity contribution is -0.128. The largest absolute Gasteiger partial charge is 0.478 e. The number of benzene rings is 2. The van der Waals surface area contributed by atoms with Gasteiger partial charge in [-0.25, -0.2) is 4.39 Å². The van der Waals surface area contributed by atoms with Gasteiger partial charge in [0.2, 0.25) is 0 Å². The molecule has 1 unspecified atom stereocenters. The van der Waals surface area contributed by atoms with Crippen LogP contribution >= 0.6 is 11.6 Å². The van der Waals surface area contributed by atoms with E-state index in [9.17, 15) is 14.0 Å². The molecule has 0 radical (unpaired) electrons. The highest BCUT2D eigenvalue weighted by Crippen LogP contribution is 2.17. The lowest BCUT2D eigenvalue weighted by Crippen LogP contribution is -2.47. The molecule has 0 aromatic heterocycles. The number of carbonyl (C=O) groups is 2. The summed E-state index contributed by atoms with van der Waals surface area (Å²) >= 11 is 5.88. The van der Waals surface area contributed by atoms with E-state index >= 15 is 0 Å². The van der Waals surface area contributed by atoms with Gasteiger partial charge in [0.15, 0.2) is 17.7 Å². The molecule has 2 rings (SSSR count). The van der Waals surface area contributed by atoms with Gasteiger partial charge in [0.1, 0.15) is 0 Å². The predicted octanol–water partition coefficient (Wildman–Crippen LogP) is 2.71. The predicted molar refractivity (Wildman–Crippen MR) is 83.6 cm³/mol. The summed E-state index contributed by atoms with van der Waals surface area (Å²) in [6.07, 6.45) is -1.00. The third kappa shape index (κ3) is 4.43. The van der Waals surface area contributed by atoms with Crippen molar-refractivity contribution in [2.45, 2.75) is 13.0 Å². The molecule has 0 fully saturated rings. The summed E-state index contributed by atoms with van der Waals surface area (Å²) < 4.78 is 18.7. The summed E-state index contributed by atoms with van der Waals surface area (Å²) in [7, 11) is 0. The number of hydrogen-bond donors (Lipinski definition) is 2. The van der Waals surface area contributed by atoms with Gasteiger partial charge in [-0.2, -0.15) is 0 Å². The van der Waals surface area contributed by atoms with Gasteiger partial charge in [-0.15, -0.1) is 0 Å². The molecule has 0 bridgehead atoms. The number of rotatable bonds is 4. The van der Waals surface area contributed by atoms with Crippen LogP contribution in [-0.2, 0) is 4.79 Å². The van der Waals surface area contributed by atoms with Crippen LogP contribution in [-0.4, -0.2) is 17.9 Å². The Hall–Kier alpha value is -2.60. The first-order valence-corrected chi connectivity index (χ1v) is 7.12. The van der Waals surface area contributed by atoms with Crippen molar-refractivity contribution in [1.82, 2.24) is 10.9 Å². The van der Waals surface area contributed by atoms with Gasteiger partial charge in [-0.3, -0.25) is 20.4 Å². The number of hydrazine groups is 1. The number of nitrogens with one attached hydrogen (secondary N) is 2. The highest BCUT2D eigenvalue weighted by Gasteiger charge is 2.18. The van der Waals surface area contributed by atoms with Gasteiger partial charge in [-0.05, 0) is 31.2 Å². The standard InChI is InChI=1S/C16H14ClFN2O3/c1-10(23-14-9-5-4-8-13(14)18)15(21)19-20-16(22)11-6-2-3-7-12(11)17/h2-10H,1H3,(H,19,21)(H,20,22). The van der Waals surface area contributed by atoms with Gasteiger partial charge >= 0.3 is 0 Å². The second-order valence-electron chi connectivity index (χ2n) is 4.61. The molecule has 2 aromatic carbocycles. The maximum atomic E-state index is 13.5. The van der Waals surface area contributed by atoms with Crippen LogP contribution in [0.3, 0.4) is 0 Å². The van der Waals surface area contributed by atoms with E-state index in [-0.39, 0.29) is 16.3 Å². The lowest BCUT2D eigenvalue weighted by Gasteiger charge is -2.15. The fraction of sp³-hybridized carbons (Fsp3) is 0.125. The Balaban J connectivity index is 1.91. The van der Waals surface area contributed by atoms with Crippen molar-refractivity contribution < 1.29 is 18.7 Å². The van der Waals surface area contributed by atoms with E-state index in [2.05, 4.69) is 10.9 Å². The minimum absolute atomic E-state index is 0.0485. The molecular weight excluding hydrogens is 323 g/mol. The average molecular weight is 337 g/mol. The van der Waals surface area contributed by atoms with Gasteiger partial charge < -0.3 is 4.74 Å². The molecule has 0 saturated carbocycles. The molecule has 0 saturated heterocycles. The van der Waals surface area contributed by atoms with Crippen LogP contribution in [0.4, 0.5) is 4.39 Å². The molecule has 0 heterocycles. The molecule has 0 aliphatic carbocycles. The highest BCUT2D eigenvalue weighted by atomic mass is 35.5. The Kier molecular flexibility index (Phi) is 5.54. The molecule has 0 aliphatic heterocycles. The molecule has 2 aromatic rings. The van der Waals surface area contributed by atoms with E-state index in [1.54, 1.807) is 24.3 Å². The highest BCUT2D eigenvalue weighted by molar-refractivity contribution is 6.33. The fourth-order valence-electron chi connectivity index (χ4n) is 1.72. The summed E-state index contributed by atoms with van der Waals surface area (Å²) in [6.45, 7) is 1.43. The number of ether oxygens (including phenoxy) is 1. The van der Waals surface area contributed by atoms with Gasteiger partial charge in [0.25, 0.3) is 11.8 Å². The molecule has 0 spiro atoms. The number of hydrogen-bond acceptors (Lipinski definition) is 3. The van der Waals surface area contributed by atoms with Crippen LogP contribution < -0.4 is 15.6 Å². The van der Waals surface area contributed by atoms with Crippen molar-refractivity contribution in [1.29, 1.82) is 0 Å². The summed E-state index contributed by atoms with van der Waals surface area (Å²) in [6, 6.07) is 12.1. The topological polar surface area (TPSA) is 67.4 Å². The van der Waals surface area contributed by atoms with Crippen molar-refractivity contribution in [3.05, 3.63) is 64.9 Å². The van der Waals surface area contributed by atoms with Crippen LogP contribution in [0.25, 0.3) is 0 Å². The van der Waals surface area contributed by atoms with Crippen LogP contribution in [0.5, 0.6) is 5.75 Å².